The Kier molecular flexibility index (Phi) is 6.35. The summed E-state index contributed by atoms with van der Waals surface area (Å²) in [5.41, 5.74) is 5.11. The highest BCUT2D eigenvalue weighted by molar-refractivity contribution is 7.85. The van der Waals surface area contributed by atoms with Crippen molar-refractivity contribution >= 4 is 22.6 Å². The van der Waals surface area contributed by atoms with Crippen molar-refractivity contribution in [2.45, 2.75) is 17.4 Å². The number of carbonyl (C=O) groups excluding carboxylic acids is 2. The summed E-state index contributed by atoms with van der Waals surface area (Å²) < 4.78 is 38.3. The van der Waals surface area contributed by atoms with Crippen LogP contribution in [0.15, 0.2) is 53.4 Å². The molecule has 5 nitrogen and oxygen atoms in total. The van der Waals surface area contributed by atoms with Crippen LogP contribution in [-0.4, -0.2) is 27.8 Å². The van der Waals surface area contributed by atoms with Gasteiger partial charge in [-0.1, -0.05) is 18.2 Å². The molecule has 2 amide bonds. The first-order valence-electron chi connectivity index (χ1n) is 7.37. The monoisotopic (exact) mass is 366 g/mol. The van der Waals surface area contributed by atoms with E-state index < -0.39 is 40.3 Å². The van der Waals surface area contributed by atoms with Crippen LogP contribution in [0.4, 0.5) is 8.78 Å². The van der Waals surface area contributed by atoms with Crippen LogP contribution >= 0.6 is 0 Å². The molecule has 25 heavy (non-hydrogen) atoms. The number of benzene rings is 2. The molecule has 2 aromatic carbocycles. The highest BCUT2D eigenvalue weighted by atomic mass is 32.2. The SMILES string of the molecule is NC(=O)[C@H](CC[S@@](=O)c1ccccc1)NC(=O)c1ccc(F)c(F)c1. The fourth-order valence-corrected chi connectivity index (χ4v) is 3.23. The van der Waals surface area contributed by atoms with E-state index in [9.17, 15) is 22.6 Å². The number of nitrogens with two attached hydrogens (primary N) is 1. The fraction of sp³-hybridized carbons (Fsp3) is 0.176. The van der Waals surface area contributed by atoms with Gasteiger partial charge < -0.3 is 11.1 Å². The Labute approximate surface area is 145 Å². The molecule has 0 unspecified atom stereocenters. The van der Waals surface area contributed by atoms with Gasteiger partial charge in [0.1, 0.15) is 6.04 Å². The van der Waals surface area contributed by atoms with E-state index >= 15 is 0 Å². The molecule has 132 valence electrons. The predicted octanol–water partition coefficient (Wildman–Crippen LogP) is 1.75. The van der Waals surface area contributed by atoms with E-state index in [0.717, 1.165) is 18.2 Å². The fourth-order valence-electron chi connectivity index (χ4n) is 2.08. The summed E-state index contributed by atoms with van der Waals surface area (Å²) in [6, 6.07) is 10.2. The maximum absolute atomic E-state index is 13.2. The van der Waals surface area contributed by atoms with Gasteiger partial charge in [0.2, 0.25) is 5.91 Å². The Bertz CT molecular complexity index is 800. The number of hydrogen-bond donors (Lipinski definition) is 2. The summed E-state index contributed by atoms with van der Waals surface area (Å²) in [6.45, 7) is 0. The van der Waals surface area contributed by atoms with Crippen LogP contribution in [0, 0.1) is 11.6 Å². The first-order valence-corrected chi connectivity index (χ1v) is 8.69. The quantitative estimate of drug-likeness (QED) is 0.782. The molecular weight excluding hydrogens is 350 g/mol. The van der Waals surface area contributed by atoms with Crippen LogP contribution < -0.4 is 11.1 Å². The van der Waals surface area contributed by atoms with Gasteiger partial charge in [0.05, 0.1) is 10.8 Å². The van der Waals surface area contributed by atoms with Gasteiger partial charge in [-0.15, -0.1) is 0 Å². The van der Waals surface area contributed by atoms with Crippen molar-refractivity contribution in [2.24, 2.45) is 5.73 Å². The first-order chi connectivity index (χ1) is 11.9. The molecule has 0 saturated heterocycles. The molecule has 0 aliphatic heterocycles. The Hall–Kier alpha value is -2.61. The maximum Gasteiger partial charge on any atom is 0.252 e. The molecule has 0 aromatic heterocycles. The third-order valence-corrected chi connectivity index (χ3v) is 4.83. The standard InChI is InChI=1S/C17H16F2N2O3S/c18-13-7-6-11(10-14(13)19)17(23)21-15(16(20)22)8-9-25(24)12-4-2-1-3-5-12/h1-7,10,15H,8-9H2,(H2,20,22)(H,21,23)/t15-,25+/m0/s1. The highest BCUT2D eigenvalue weighted by Gasteiger charge is 2.21. The lowest BCUT2D eigenvalue weighted by Gasteiger charge is -2.15. The second-order valence-corrected chi connectivity index (χ2v) is 6.78. The molecule has 2 atom stereocenters. The Balaban J connectivity index is 2.00. The number of carbonyl (C=O) groups is 2. The van der Waals surface area contributed by atoms with Crippen LogP contribution in [0.25, 0.3) is 0 Å². The zero-order valence-electron chi connectivity index (χ0n) is 13.1. The third-order valence-electron chi connectivity index (χ3n) is 3.43. The lowest BCUT2D eigenvalue weighted by molar-refractivity contribution is -0.119. The zero-order chi connectivity index (χ0) is 18.4. The first kappa shape index (κ1) is 18.7. The summed E-state index contributed by atoms with van der Waals surface area (Å²) >= 11 is 0. The maximum atomic E-state index is 13.2. The molecule has 2 aromatic rings. The molecule has 0 spiro atoms. The summed E-state index contributed by atoms with van der Waals surface area (Å²) in [6.07, 6.45) is 0.0479. The van der Waals surface area contributed by atoms with Crippen molar-refractivity contribution in [3.63, 3.8) is 0 Å². The van der Waals surface area contributed by atoms with E-state index in [1.54, 1.807) is 30.3 Å². The third kappa shape index (κ3) is 5.18. The van der Waals surface area contributed by atoms with Crippen molar-refractivity contribution < 1.29 is 22.6 Å². The average molecular weight is 366 g/mol. The number of primary amides is 1. The van der Waals surface area contributed by atoms with E-state index in [0.29, 0.717) is 4.90 Å². The minimum Gasteiger partial charge on any atom is -0.368 e. The van der Waals surface area contributed by atoms with Crippen molar-refractivity contribution in [2.75, 3.05) is 5.75 Å². The van der Waals surface area contributed by atoms with Crippen LogP contribution in [0.5, 0.6) is 0 Å². The Morgan fingerprint density at radius 1 is 1.08 bits per heavy atom. The molecule has 0 aliphatic rings. The van der Waals surface area contributed by atoms with Gasteiger partial charge in [-0.2, -0.15) is 0 Å². The molecule has 2 rings (SSSR count). The topological polar surface area (TPSA) is 89.3 Å². The van der Waals surface area contributed by atoms with E-state index in [1.807, 2.05) is 0 Å². The number of nitrogens with one attached hydrogen (secondary N) is 1. The van der Waals surface area contributed by atoms with Crippen molar-refractivity contribution in [3.05, 3.63) is 65.7 Å². The van der Waals surface area contributed by atoms with E-state index in [2.05, 4.69) is 5.32 Å². The minimum atomic E-state index is -1.36. The van der Waals surface area contributed by atoms with E-state index in [4.69, 9.17) is 5.73 Å². The number of halogens is 2. The Morgan fingerprint density at radius 2 is 1.76 bits per heavy atom. The lowest BCUT2D eigenvalue weighted by Crippen LogP contribution is -2.45. The number of hydrogen-bond acceptors (Lipinski definition) is 3. The summed E-state index contributed by atoms with van der Waals surface area (Å²) in [7, 11) is -1.36. The van der Waals surface area contributed by atoms with Crippen molar-refractivity contribution in [3.8, 4) is 0 Å². The Morgan fingerprint density at radius 3 is 2.36 bits per heavy atom. The van der Waals surface area contributed by atoms with Crippen LogP contribution in [-0.2, 0) is 15.6 Å². The molecule has 0 radical (unpaired) electrons. The molecule has 0 heterocycles. The molecule has 0 aliphatic carbocycles. The molecule has 8 heteroatoms. The van der Waals surface area contributed by atoms with Gasteiger partial charge in [0.15, 0.2) is 11.6 Å². The van der Waals surface area contributed by atoms with Crippen LogP contribution in [0.3, 0.4) is 0 Å². The van der Waals surface area contributed by atoms with E-state index in [1.165, 1.54) is 0 Å². The number of rotatable bonds is 7. The smallest absolute Gasteiger partial charge is 0.252 e. The molecule has 0 bridgehead atoms. The summed E-state index contributed by atoms with van der Waals surface area (Å²) in [5.74, 6) is -3.72. The molecule has 3 N–H and O–H groups in total. The highest BCUT2D eigenvalue weighted by Crippen LogP contribution is 2.10. The van der Waals surface area contributed by atoms with Crippen LogP contribution in [0.1, 0.15) is 16.8 Å². The summed E-state index contributed by atoms with van der Waals surface area (Å²) in [4.78, 5) is 24.2. The van der Waals surface area contributed by atoms with Gasteiger partial charge in [-0.25, -0.2) is 8.78 Å². The van der Waals surface area contributed by atoms with Crippen LogP contribution in [0.2, 0.25) is 0 Å². The lowest BCUT2D eigenvalue weighted by atomic mass is 10.1. The minimum absolute atomic E-state index is 0.0479. The van der Waals surface area contributed by atoms with Gasteiger partial charge in [0.25, 0.3) is 5.91 Å². The zero-order valence-corrected chi connectivity index (χ0v) is 13.9. The van der Waals surface area contributed by atoms with E-state index in [-0.39, 0.29) is 17.7 Å². The van der Waals surface area contributed by atoms with Crippen molar-refractivity contribution in [1.29, 1.82) is 0 Å². The summed E-state index contributed by atoms with van der Waals surface area (Å²) in [5, 5.41) is 2.35. The normalized spacial score (nSPS) is 13.0. The molecular formula is C17H16F2N2O3S. The van der Waals surface area contributed by atoms with Gasteiger partial charge in [-0.3, -0.25) is 13.8 Å². The average Bonchev–Trinajstić information content (AvgIpc) is 2.60. The second-order valence-electron chi connectivity index (χ2n) is 5.21. The molecule has 0 fully saturated rings. The molecule has 0 saturated carbocycles. The second kappa shape index (κ2) is 8.48. The van der Waals surface area contributed by atoms with Gasteiger partial charge in [-0.05, 0) is 36.8 Å². The predicted molar refractivity (Wildman–Crippen MR) is 89.1 cm³/mol. The number of amides is 2. The van der Waals surface area contributed by atoms with Gasteiger partial charge in [0, 0.05) is 16.2 Å². The van der Waals surface area contributed by atoms with Gasteiger partial charge >= 0.3 is 0 Å². The largest absolute Gasteiger partial charge is 0.368 e. The van der Waals surface area contributed by atoms with Crippen molar-refractivity contribution in [1.82, 2.24) is 5.32 Å².